The van der Waals surface area contributed by atoms with Crippen LogP contribution in [0.5, 0.6) is 0 Å². The maximum absolute atomic E-state index is 13.0. The number of carbonyl (C=O) groups is 1. The van der Waals surface area contributed by atoms with E-state index in [0.29, 0.717) is 6.42 Å². The number of piperazine rings is 1. The number of aromatic nitrogens is 1. The SMILES string of the molecule is CN1CCN(C(=O)CCn2ccc3ccccc32)[C@H](c2ccccc2)C1. The highest BCUT2D eigenvalue weighted by molar-refractivity contribution is 5.81. The fourth-order valence-corrected chi connectivity index (χ4v) is 3.87. The average molecular weight is 347 g/mol. The average Bonchev–Trinajstić information content (AvgIpc) is 3.10. The van der Waals surface area contributed by atoms with Crippen LogP contribution in [0.3, 0.4) is 0 Å². The largest absolute Gasteiger partial charge is 0.347 e. The molecule has 26 heavy (non-hydrogen) atoms. The molecule has 0 saturated carbocycles. The maximum atomic E-state index is 13.0. The van der Waals surface area contributed by atoms with Crippen molar-refractivity contribution in [3.63, 3.8) is 0 Å². The Morgan fingerprint density at radius 3 is 2.62 bits per heavy atom. The second-order valence-electron chi connectivity index (χ2n) is 7.09. The molecule has 134 valence electrons. The molecule has 0 bridgehead atoms. The highest BCUT2D eigenvalue weighted by Gasteiger charge is 2.29. The number of nitrogens with zero attached hydrogens (tertiary/aromatic N) is 3. The van der Waals surface area contributed by atoms with Gasteiger partial charge in [-0.05, 0) is 30.1 Å². The molecular weight excluding hydrogens is 322 g/mol. The molecule has 1 aliphatic rings. The fraction of sp³-hybridized carbons (Fsp3) is 0.318. The third-order valence-corrected chi connectivity index (χ3v) is 5.33. The van der Waals surface area contributed by atoms with Gasteiger partial charge in [0, 0.05) is 44.3 Å². The van der Waals surface area contributed by atoms with E-state index < -0.39 is 0 Å². The summed E-state index contributed by atoms with van der Waals surface area (Å²) in [5.41, 5.74) is 2.41. The number of benzene rings is 2. The standard InChI is InChI=1S/C22H25N3O/c1-23-15-16-25(21(17-23)18-7-3-2-4-8-18)22(26)12-14-24-13-11-19-9-5-6-10-20(19)24/h2-11,13,21H,12,14-17H2,1H3/t21-/m0/s1. The van der Waals surface area contributed by atoms with Crippen molar-refractivity contribution in [2.45, 2.75) is 19.0 Å². The Morgan fingerprint density at radius 2 is 1.77 bits per heavy atom. The van der Waals surface area contributed by atoms with Crippen molar-refractivity contribution >= 4 is 16.8 Å². The summed E-state index contributed by atoms with van der Waals surface area (Å²) in [5, 5.41) is 1.22. The summed E-state index contributed by atoms with van der Waals surface area (Å²) in [4.78, 5) is 17.4. The highest BCUT2D eigenvalue weighted by atomic mass is 16.2. The molecule has 1 saturated heterocycles. The van der Waals surface area contributed by atoms with E-state index in [1.807, 2.05) is 18.2 Å². The predicted octanol–water partition coefficient (Wildman–Crippen LogP) is 3.55. The first-order valence-electron chi connectivity index (χ1n) is 9.29. The Labute approximate surface area is 154 Å². The molecule has 0 N–H and O–H groups in total. The number of amides is 1. The van der Waals surface area contributed by atoms with Gasteiger partial charge in [-0.2, -0.15) is 0 Å². The van der Waals surface area contributed by atoms with Crippen LogP contribution >= 0.6 is 0 Å². The summed E-state index contributed by atoms with van der Waals surface area (Å²) in [7, 11) is 2.13. The maximum Gasteiger partial charge on any atom is 0.224 e. The number of aryl methyl sites for hydroxylation is 1. The Morgan fingerprint density at radius 1 is 1.00 bits per heavy atom. The van der Waals surface area contributed by atoms with Gasteiger partial charge in [-0.3, -0.25) is 4.79 Å². The van der Waals surface area contributed by atoms with Crippen molar-refractivity contribution in [3.05, 3.63) is 72.4 Å². The topological polar surface area (TPSA) is 28.5 Å². The molecule has 3 aromatic rings. The summed E-state index contributed by atoms with van der Waals surface area (Å²) >= 11 is 0. The molecule has 1 aromatic heterocycles. The van der Waals surface area contributed by atoms with E-state index in [1.54, 1.807) is 0 Å². The van der Waals surface area contributed by atoms with Crippen LogP contribution in [0, 0.1) is 0 Å². The van der Waals surface area contributed by atoms with E-state index in [9.17, 15) is 4.79 Å². The molecule has 0 spiro atoms. The molecule has 4 nitrogen and oxygen atoms in total. The minimum Gasteiger partial charge on any atom is -0.347 e. The van der Waals surface area contributed by atoms with Crippen molar-refractivity contribution in [1.29, 1.82) is 0 Å². The molecule has 0 radical (unpaired) electrons. The first-order chi connectivity index (χ1) is 12.7. The van der Waals surface area contributed by atoms with Gasteiger partial charge in [0.2, 0.25) is 5.91 Å². The second-order valence-corrected chi connectivity index (χ2v) is 7.09. The molecule has 1 fully saturated rings. The number of hydrogen-bond donors (Lipinski definition) is 0. The molecule has 2 aromatic carbocycles. The highest BCUT2D eigenvalue weighted by Crippen LogP contribution is 2.26. The molecule has 1 atom stereocenters. The lowest BCUT2D eigenvalue weighted by atomic mass is 10.0. The van der Waals surface area contributed by atoms with Gasteiger partial charge in [-0.25, -0.2) is 0 Å². The molecule has 0 unspecified atom stereocenters. The number of fused-ring (bicyclic) bond motifs is 1. The minimum atomic E-state index is 0.142. The third-order valence-electron chi connectivity index (χ3n) is 5.33. The van der Waals surface area contributed by atoms with Gasteiger partial charge in [0.15, 0.2) is 0 Å². The smallest absolute Gasteiger partial charge is 0.224 e. The van der Waals surface area contributed by atoms with Crippen molar-refractivity contribution in [2.75, 3.05) is 26.7 Å². The zero-order valence-electron chi connectivity index (χ0n) is 15.2. The quantitative estimate of drug-likeness (QED) is 0.722. The normalized spacial score (nSPS) is 18.3. The summed E-state index contributed by atoms with van der Waals surface area (Å²) in [5.74, 6) is 0.240. The summed E-state index contributed by atoms with van der Waals surface area (Å²) in [6.45, 7) is 3.34. The molecule has 4 heteroatoms. The van der Waals surface area contributed by atoms with Gasteiger partial charge >= 0.3 is 0 Å². The van der Waals surface area contributed by atoms with Gasteiger partial charge < -0.3 is 14.4 Å². The molecule has 0 aliphatic carbocycles. The molecule has 1 aliphatic heterocycles. The van der Waals surface area contributed by atoms with Gasteiger partial charge in [0.25, 0.3) is 0 Å². The van der Waals surface area contributed by atoms with Gasteiger partial charge in [-0.15, -0.1) is 0 Å². The first-order valence-corrected chi connectivity index (χ1v) is 9.29. The molecule has 2 heterocycles. The minimum absolute atomic E-state index is 0.142. The van der Waals surface area contributed by atoms with E-state index in [0.717, 1.165) is 26.2 Å². The monoisotopic (exact) mass is 347 g/mol. The number of carbonyl (C=O) groups excluding carboxylic acids is 1. The van der Waals surface area contributed by atoms with E-state index in [1.165, 1.54) is 16.5 Å². The van der Waals surface area contributed by atoms with Crippen LogP contribution in [0.25, 0.3) is 10.9 Å². The summed E-state index contributed by atoms with van der Waals surface area (Å²) < 4.78 is 2.18. The van der Waals surface area contributed by atoms with E-state index in [4.69, 9.17) is 0 Å². The molecular formula is C22H25N3O. The van der Waals surface area contributed by atoms with Crippen LogP contribution in [0.4, 0.5) is 0 Å². The van der Waals surface area contributed by atoms with Crippen LogP contribution < -0.4 is 0 Å². The zero-order valence-corrected chi connectivity index (χ0v) is 15.2. The Hall–Kier alpha value is -2.59. The Bertz CT molecular complexity index is 887. The van der Waals surface area contributed by atoms with Crippen molar-refractivity contribution < 1.29 is 4.79 Å². The Balaban J connectivity index is 1.49. The van der Waals surface area contributed by atoms with Crippen LogP contribution in [0.2, 0.25) is 0 Å². The second kappa shape index (κ2) is 7.34. The van der Waals surface area contributed by atoms with Crippen molar-refractivity contribution in [3.8, 4) is 0 Å². The van der Waals surface area contributed by atoms with Gasteiger partial charge in [0.05, 0.1) is 6.04 Å². The lowest BCUT2D eigenvalue weighted by Gasteiger charge is -2.40. The van der Waals surface area contributed by atoms with E-state index >= 15 is 0 Å². The number of para-hydroxylation sites is 1. The van der Waals surface area contributed by atoms with Crippen molar-refractivity contribution in [2.24, 2.45) is 0 Å². The zero-order chi connectivity index (χ0) is 17.9. The third kappa shape index (κ3) is 3.37. The first kappa shape index (κ1) is 16.9. The van der Waals surface area contributed by atoms with Crippen LogP contribution in [-0.2, 0) is 11.3 Å². The fourth-order valence-electron chi connectivity index (χ4n) is 3.87. The van der Waals surface area contributed by atoms with E-state index in [2.05, 4.69) is 70.1 Å². The van der Waals surface area contributed by atoms with Crippen LogP contribution in [0.1, 0.15) is 18.0 Å². The lowest BCUT2D eigenvalue weighted by molar-refractivity contribution is -0.136. The predicted molar refractivity (Wildman–Crippen MR) is 105 cm³/mol. The van der Waals surface area contributed by atoms with E-state index in [-0.39, 0.29) is 11.9 Å². The van der Waals surface area contributed by atoms with Crippen molar-refractivity contribution in [1.82, 2.24) is 14.4 Å². The number of likely N-dealkylation sites (N-methyl/N-ethyl adjacent to an activating group) is 1. The van der Waals surface area contributed by atoms with Gasteiger partial charge in [-0.1, -0.05) is 48.5 Å². The summed E-state index contributed by atoms with van der Waals surface area (Å²) in [6, 6.07) is 21.0. The number of hydrogen-bond acceptors (Lipinski definition) is 2. The molecule has 1 amide bonds. The number of rotatable bonds is 4. The van der Waals surface area contributed by atoms with Crippen LogP contribution in [0.15, 0.2) is 66.9 Å². The van der Waals surface area contributed by atoms with Crippen LogP contribution in [-0.4, -0.2) is 47.0 Å². The lowest BCUT2D eigenvalue weighted by Crippen LogP contribution is -2.49. The van der Waals surface area contributed by atoms with Gasteiger partial charge in [0.1, 0.15) is 0 Å². The Kier molecular flexibility index (Phi) is 4.76. The molecule has 4 rings (SSSR count). The summed E-state index contributed by atoms with van der Waals surface area (Å²) in [6.07, 6.45) is 2.61.